The zero-order valence-corrected chi connectivity index (χ0v) is 14.5. The largest absolute Gasteiger partial charge is 0.433 e. The third-order valence-corrected chi connectivity index (χ3v) is 4.59. The summed E-state index contributed by atoms with van der Waals surface area (Å²) in [7, 11) is 0. The van der Waals surface area contributed by atoms with Gasteiger partial charge in [0.05, 0.1) is 21.8 Å². The molecule has 1 heterocycles. The molecule has 126 valence electrons. The number of fused-ring (bicyclic) bond motifs is 1. The van der Waals surface area contributed by atoms with Crippen molar-refractivity contribution < 1.29 is 9.63 Å². The highest BCUT2D eigenvalue weighted by Gasteiger charge is 2.16. The Hall–Kier alpha value is -1.85. The molecule has 1 aromatic carbocycles. The fourth-order valence-electron chi connectivity index (χ4n) is 2.86. The van der Waals surface area contributed by atoms with E-state index in [-0.39, 0.29) is 6.04 Å². The van der Waals surface area contributed by atoms with Crippen LogP contribution in [0.1, 0.15) is 37.7 Å². The summed E-state index contributed by atoms with van der Waals surface area (Å²) in [6.07, 6.45) is 7.84. The molecule has 0 radical (unpaired) electrons. The van der Waals surface area contributed by atoms with Gasteiger partial charge in [0.1, 0.15) is 0 Å². The number of nitrogens with zero attached hydrogens (tertiary/aromatic N) is 2. The number of hydrogen-bond acceptors (Lipinski definition) is 4. The number of amides is 1. The smallest absolute Gasteiger partial charge is 0.317 e. The zero-order valence-electron chi connectivity index (χ0n) is 13.0. The van der Waals surface area contributed by atoms with Crippen LogP contribution in [0.5, 0.6) is 0 Å². The van der Waals surface area contributed by atoms with Crippen LogP contribution in [-0.4, -0.2) is 23.3 Å². The van der Waals surface area contributed by atoms with Gasteiger partial charge in [-0.3, -0.25) is 9.82 Å². The van der Waals surface area contributed by atoms with Crippen LogP contribution in [0.25, 0.3) is 10.9 Å². The van der Waals surface area contributed by atoms with Gasteiger partial charge in [-0.25, -0.2) is 4.79 Å². The first kappa shape index (κ1) is 17.0. The van der Waals surface area contributed by atoms with Crippen LogP contribution in [0, 0.1) is 0 Å². The fraction of sp³-hybridized carbons (Fsp3) is 0.353. The predicted molar refractivity (Wildman–Crippen MR) is 95.8 cm³/mol. The molecule has 0 bridgehead atoms. The van der Waals surface area contributed by atoms with E-state index in [9.17, 15) is 4.79 Å². The lowest BCUT2D eigenvalue weighted by atomic mass is 9.96. The normalized spacial score (nSPS) is 15.8. The SMILES string of the molecule is O=C(NC1CCCCC1)ON=Cc1c(Cl)ccc2cc(Cl)cnc12. The third-order valence-electron chi connectivity index (χ3n) is 4.05. The van der Waals surface area contributed by atoms with E-state index in [2.05, 4.69) is 15.5 Å². The lowest BCUT2D eigenvalue weighted by Gasteiger charge is -2.21. The molecule has 5 nitrogen and oxygen atoms in total. The number of rotatable bonds is 3. The number of aromatic nitrogens is 1. The van der Waals surface area contributed by atoms with E-state index in [0.29, 0.717) is 21.1 Å². The Kier molecular flexibility index (Phi) is 5.53. The summed E-state index contributed by atoms with van der Waals surface area (Å²) in [6, 6.07) is 5.51. The van der Waals surface area contributed by atoms with Gasteiger partial charge in [0, 0.05) is 23.2 Å². The van der Waals surface area contributed by atoms with Crippen molar-refractivity contribution in [2.75, 3.05) is 0 Å². The first-order valence-corrected chi connectivity index (χ1v) is 8.64. The van der Waals surface area contributed by atoms with E-state index in [4.69, 9.17) is 28.0 Å². The number of carbonyl (C=O) groups is 1. The van der Waals surface area contributed by atoms with Gasteiger partial charge in [-0.1, -0.05) is 53.7 Å². The molecule has 0 aliphatic heterocycles. The molecule has 1 aliphatic rings. The molecule has 1 aliphatic carbocycles. The van der Waals surface area contributed by atoms with Gasteiger partial charge in [-0.15, -0.1) is 0 Å². The number of hydrogen-bond donors (Lipinski definition) is 1. The molecule has 1 fully saturated rings. The highest BCUT2D eigenvalue weighted by molar-refractivity contribution is 6.35. The molecule has 1 N–H and O–H groups in total. The van der Waals surface area contributed by atoms with E-state index in [0.717, 1.165) is 31.1 Å². The summed E-state index contributed by atoms with van der Waals surface area (Å²) in [5.41, 5.74) is 1.23. The highest BCUT2D eigenvalue weighted by Crippen LogP contribution is 2.25. The molecule has 0 spiro atoms. The van der Waals surface area contributed by atoms with Gasteiger partial charge >= 0.3 is 6.09 Å². The molecular weight excluding hydrogens is 349 g/mol. The average molecular weight is 366 g/mol. The van der Waals surface area contributed by atoms with Crippen molar-refractivity contribution in [2.24, 2.45) is 5.16 Å². The molecule has 24 heavy (non-hydrogen) atoms. The standard InChI is InChI=1S/C17H17Cl2N3O2/c18-12-8-11-6-7-15(19)14(16(11)20-9-12)10-21-24-17(23)22-13-4-2-1-3-5-13/h6-10,13H,1-5H2,(H,22,23). The Balaban J connectivity index is 1.68. The van der Waals surface area contributed by atoms with Crippen molar-refractivity contribution in [1.82, 2.24) is 10.3 Å². The molecule has 1 aromatic heterocycles. The molecule has 1 saturated carbocycles. The van der Waals surface area contributed by atoms with E-state index in [1.165, 1.54) is 18.8 Å². The van der Waals surface area contributed by atoms with Gasteiger partial charge in [-0.2, -0.15) is 0 Å². The van der Waals surface area contributed by atoms with Crippen LogP contribution in [0.15, 0.2) is 29.6 Å². The Morgan fingerprint density at radius 3 is 2.88 bits per heavy atom. The number of oxime groups is 1. The van der Waals surface area contributed by atoms with Crippen molar-refractivity contribution in [3.63, 3.8) is 0 Å². The second-order valence-electron chi connectivity index (χ2n) is 5.78. The number of carbonyl (C=O) groups excluding carboxylic acids is 1. The minimum Gasteiger partial charge on any atom is -0.317 e. The number of benzene rings is 1. The summed E-state index contributed by atoms with van der Waals surface area (Å²) in [5, 5.41) is 8.41. The number of pyridine rings is 1. The van der Waals surface area contributed by atoms with Crippen molar-refractivity contribution >= 4 is 46.4 Å². The summed E-state index contributed by atoms with van der Waals surface area (Å²) in [4.78, 5) is 20.9. The van der Waals surface area contributed by atoms with Crippen molar-refractivity contribution in [1.29, 1.82) is 0 Å². The van der Waals surface area contributed by atoms with Crippen LogP contribution in [0.2, 0.25) is 10.0 Å². The third kappa shape index (κ3) is 4.16. The molecule has 3 rings (SSSR count). The Morgan fingerprint density at radius 1 is 1.29 bits per heavy atom. The van der Waals surface area contributed by atoms with E-state index in [1.807, 2.05) is 6.07 Å². The minimum atomic E-state index is -0.550. The summed E-state index contributed by atoms with van der Waals surface area (Å²) in [6.45, 7) is 0. The van der Waals surface area contributed by atoms with Crippen molar-refractivity contribution in [3.05, 3.63) is 40.0 Å². The van der Waals surface area contributed by atoms with Crippen LogP contribution < -0.4 is 5.32 Å². The lowest BCUT2D eigenvalue weighted by molar-refractivity contribution is 0.144. The van der Waals surface area contributed by atoms with Crippen LogP contribution in [0.4, 0.5) is 4.79 Å². The molecular formula is C17H17Cl2N3O2. The molecule has 0 unspecified atom stereocenters. The Labute approximate surface area is 150 Å². The average Bonchev–Trinajstić information content (AvgIpc) is 2.58. The Morgan fingerprint density at radius 2 is 2.08 bits per heavy atom. The quantitative estimate of drug-likeness (QED) is 0.476. The number of halogens is 2. The van der Waals surface area contributed by atoms with Crippen LogP contribution >= 0.6 is 23.2 Å². The second-order valence-corrected chi connectivity index (χ2v) is 6.62. The lowest BCUT2D eigenvalue weighted by Crippen LogP contribution is -2.35. The zero-order chi connectivity index (χ0) is 16.9. The van der Waals surface area contributed by atoms with Gasteiger partial charge in [0.25, 0.3) is 0 Å². The van der Waals surface area contributed by atoms with E-state index >= 15 is 0 Å². The summed E-state index contributed by atoms with van der Waals surface area (Å²) < 4.78 is 0. The Bertz CT molecular complexity index is 774. The first-order chi connectivity index (χ1) is 11.6. The van der Waals surface area contributed by atoms with Gasteiger partial charge in [0.2, 0.25) is 0 Å². The van der Waals surface area contributed by atoms with Crippen molar-refractivity contribution in [3.8, 4) is 0 Å². The van der Waals surface area contributed by atoms with E-state index in [1.54, 1.807) is 12.1 Å². The molecule has 1 amide bonds. The maximum absolute atomic E-state index is 11.8. The topological polar surface area (TPSA) is 63.6 Å². The van der Waals surface area contributed by atoms with Gasteiger partial charge in [-0.05, 0) is 25.0 Å². The predicted octanol–water partition coefficient (Wildman–Crippen LogP) is 4.93. The van der Waals surface area contributed by atoms with Crippen molar-refractivity contribution in [2.45, 2.75) is 38.1 Å². The van der Waals surface area contributed by atoms with Crippen LogP contribution in [0.3, 0.4) is 0 Å². The highest BCUT2D eigenvalue weighted by atomic mass is 35.5. The molecule has 0 atom stereocenters. The molecule has 2 aromatic rings. The monoisotopic (exact) mass is 365 g/mol. The molecule has 0 saturated heterocycles. The van der Waals surface area contributed by atoms with E-state index < -0.39 is 6.09 Å². The maximum Gasteiger partial charge on any atom is 0.433 e. The maximum atomic E-state index is 11.8. The first-order valence-electron chi connectivity index (χ1n) is 7.88. The summed E-state index contributed by atoms with van der Waals surface area (Å²) in [5.74, 6) is 0. The molecule has 7 heteroatoms. The van der Waals surface area contributed by atoms with Gasteiger partial charge in [0.15, 0.2) is 0 Å². The minimum absolute atomic E-state index is 0.173. The summed E-state index contributed by atoms with van der Waals surface area (Å²) >= 11 is 12.1. The number of nitrogens with one attached hydrogen (secondary N) is 1. The van der Waals surface area contributed by atoms with Gasteiger partial charge < -0.3 is 5.32 Å². The van der Waals surface area contributed by atoms with Crippen LogP contribution in [-0.2, 0) is 4.84 Å². The second kappa shape index (κ2) is 7.81. The fourth-order valence-corrected chi connectivity index (χ4v) is 3.23.